The number of ether oxygens (including phenoxy) is 2. The molecule has 1 aliphatic heterocycles. The number of phosphoric ester groups is 1. The van der Waals surface area contributed by atoms with E-state index in [0.717, 1.165) is 17.2 Å². The highest BCUT2D eigenvalue weighted by atomic mass is 31.2. The highest BCUT2D eigenvalue weighted by Gasteiger charge is 2.43. The molecule has 236 valence electrons. The third-order valence-electron chi connectivity index (χ3n) is 5.99. The maximum Gasteiger partial charge on any atom is 0.475 e. The topological polar surface area (TPSA) is 75.6 Å². The fourth-order valence-electron chi connectivity index (χ4n) is 4.28. The molecule has 7 nitrogen and oxygen atoms in total. The van der Waals surface area contributed by atoms with Crippen molar-refractivity contribution in [3.8, 4) is 17.6 Å². The first kappa shape index (κ1) is 34.7. The molecule has 0 bridgehead atoms. The smallest absolute Gasteiger partial charge is 0.475 e. The van der Waals surface area contributed by atoms with Gasteiger partial charge in [-0.05, 0) is 96.7 Å². The van der Waals surface area contributed by atoms with Gasteiger partial charge in [-0.25, -0.2) is 9.56 Å². The molecule has 0 spiro atoms. The monoisotopic (exact) mass is 623 g/mol. The lowest BCUT2D eigenvalue weighted by molar-refractivity contribution is -0.138. The molecule has 1 aliphatic rings. The largest absolute Gasteiger partial charge is 0.480 e. The fourth-order valence-corrected chi connectivity index (χ4v) is 6.17. The van der Waals surface area contributed by atoms with Gasteiger partial charge < -0.3 is 9.47 Å². The Balaban J connectivity index is 1.76. The van der Waals surface area contributed by atoms with Crippen molar-refractivity contribution in [3.05, 3.63) is 64.7 Å². The SMILES string of the molecule is CC1=NC(CCc2ccc(OCC#Cc3cccc(C)c3)c(C(F)(F)F)c2)(COP(=O)(OC(C)(C)C)OC(C)(C)C)CO1. The van der Waals surface area contributed by atoms with Crippen LogP contribution in [-0.4, -0.2) is 42.5 Å². The third kappa shape index (κ3) is 11.3. The molecule has 1 unspecified atom stereocenters. The predicted octanol–water partition coefficient (Wildman–Crippen LogP) is 8.32. The number of phosphoric acid groups is 1. The summed E-state index contributed by atoms with van der Waals surface area (Å²) in [5, 5.41) is 0. The minimum atomic E-state index is -4.64. The van der Waals surface area contributed by atoms with Gasteiger partial charge in [0.15, 0.2) is 5.90 Å². The van der Waals surface area contributed by atoms with Crippen molar-refractivity contribution < 1.29 is 40.8 Å². The number of hydrogen-bond donors (Lipinski definition) is 0. The summed E-state index contributed by atoms with van der Waals surface area (Å²) in [5.74, 6) is 5.77. The summed E-state index contributed by atoms with van der Waals surface area (Å²) in [7, 11) is -4.05. The molecule has 0 radical (unpaired) electrons. The molecule has 0 N–H and O–H groups in total. The lowest BCUT2D eigenvalue weighted by atomic mass is 9.93. The van der Waals surface area contributed by atoms with E-state index in [0.29, 0.717) is 11.5 Å². The molecule has 0 aromatic heterocycles. The zero-order valence-corrected chi connectivity index (χ0v) is 26.9. The molecule has 0 amide bonds. The Labute approximate surface area is 252 Å². The first-order valence-electron chi connectivity index (χ1n) is 14.0. The maximum absolute atomic E-state index is 14.0. The normalized spacial score (nSPS) is 17.6. The molecule has 2 aromatic carbocycles. The van der Waals surface area contributed by atoms with Crippen LogP contribution in [0, 0.1) is 18.8 Å². The average molecular weight is 624 g/mol. The van der Waals surface area contributed by atoms with Gasteiger partial charge in [-0.15, -0.1) is 0 Å². The number of hydrogen-bond acceptors (Lipinski definition) is 7. The van der Waals surface area contributed by atoms with Gasteiger partial charge in [0.05, 0.1) is 23.4 Å². The molecule has 0 aliphatic carbocycles. The lowest BCUT2D eigenvalue weighted by Gasteiger charge is -2.33. The predicted molar refractivity (Wildman–Crippen MR) is 160 cm³/mol. The zero-order valence-electron chi connectivity index (χ0n) is 26.1. The standard InChI is InChI=1S/C32H41F3NO6P/c1-23-11-9-12-25(19-23)13-10-18-38-28-15-14-26(20-27(28)32(33,34)35)16-17-31(21-39-24(2)36-31)22-40-43(37,41-29(3,4)5)42-30(6,7)8/h9,11-12,14-15,19-20H,16-18,21-22H2,1-8H3. The van der Waals surface area contributed by atoms with Crippen molar-refractivity contribution >= 4 is 13.7 Å². The van der Waals surface area contributed by atoms with E-state index in [4.69, 9.17) is 23.0 Å². The van der Waals surface area contributed by atoms with Gasteiger partial charge in [0, 0.05) is 12.5 Å². The minimum absolute atomic E-state index is 0.108. The Hall–Kier alpha value is -2.83. The summed E-state index contributed by atoms with van der Waals surface area (Å²) >= 11 is 0. The van der Waals surface area contributed by atoms with E-state index in [-0.39, 0.29) is 38.4 Å². The molecule has 3 rings (SSSR count). The van der Waals surface area contributed by atoms with Crippen LogP contribution in [0.2, 0.25) is 0 Å². The van der Waals surface area contributed by atoms with Crippen LogP contribution in [0.1, 0.15) is 77.1 Å². The van der Waals surface area contributed by atoms with E-state index in [2.05, 4.69) is 16.8 Å². The second kappa shape index (κ2) is 13.4. The van der Waals surface area contributed by atoms with Crippen molar-refractivity contribution in [2.75, 3.05) is 19.8 Å². The van der Waals surface area contributed by atoms with Crippen LogP contribution in [0.15, 0.2) is 47.5 Å². The van der Waals surface area contributed by atoms with Gasteiger partial charge in [-0.3, -0.25) is 13.6 Å². The molecular weight excluding hydrogens is 582 g/mol. The van der Waals surface area contributed by atoms with Crippen LogP contribution < -0.4 is 4.74 Å². The number of nitrogens with zero attached hydrogens (tertiary/aromatic N) is 1. The molecule has 2 aromatic rings. The summed E-state index contributed by atoms with van der Waals surface area (Å²) in [5.41, 5.74) is -1.34. The summed E-state index contributed by atoms with van der Waals surface area (Å²) < 4.78 is 83.8. The van der Waals surface area contributed by atoms with Gasteiger partial charge in [0.2, 0.25) is 0 Å². The number of aryl methyl sites for hydroxylation is 2. The van der Waals surface area contributed by atoms with Crippen molar-refractivity contribution in [2.45, 2.75) is 91.1 Å². The Bertz CT molecular complexity index is 1400. The zero-order chi connectivity index (χ0) is 32.1. The van der Waals surface area contributed by atoms with Gasteiger partial charge in [-0.1, -0.05) is 30.0 Å². The van der Waals surface area contributed by atoms with E-state index >= 15 is 0 Å². The van der Waals surface area contributed by atoms with Crippen LogP contribution in [0.25, 0.3) is 0 Å². The summed E-state index contributed by atoms with van der Waals surface area (Å²) in [6.07, 6.45) is -4.16. The fraction of sp³-hybridized carbons (Fsp3) is 0.531. The molecular formula is C32H41F3NO6P. The van der Waals surface area contributed by atoms with Crippen LogP contribution in [-0.2, 0) is 35.5 Å². The first-order valence-corrected chi connectivity index (χ1v) is 15.5. The quantitative estimate of drug-likeness (QED) is 0.196. The van der Waals surface area contributed by atoms with Gasteiger partial charge >= 0.3 is 14.0 Å². The van der Waals surface area contributed by atoms with Crippen LogP contribution >= 0.6 is 7.82 Å². The average Bonchev–Trinajstić information content (AvgIpc) is 3.23. The van der Waals surface area contributed by atoms with E-state index in [1.54, 1.807) is 54.5 Å². The summed E-state index contributed by atoms with van der Waals surface area (Å²) in [6.45, 7) is 13.7. The third-order valence-corrected chi connectivity index (χ3v) is 7.97. The lowest BCUT2D eigenvalue weighted by Crippen LogP contribution is -2.36. The summed E-state index contributed by atoms with van der Waals surface area (Å²) in [4.78, 5) is 4.58. The second-order valence-corrected chi connectivity index (χ2v) is 14.1. The van der Waals surface area contributed by atoms with Crippen molar-refractivity contribution in [3.63, 3.8) is 0 Å². The van der Waals surface area contributed by atoms with Crippen LogP contribution in [0.3, 0.4) is 0 Å². The number of alkyl halides is 3. The number of aliphatic imine (C=N–C) groups is 1. The summed E-state index contributed by atoms with van der Waals surface area (Å²) in [6, 6.07) is 11.5. The van der Waals surface area contributed by atoms with Crippen LogP contribution in [0.4, 0.5) is 13.2 Å². The van der Waals surface area contributed by atoms with E-state index in [1.807, 2.05) is 31.2 Å². The molecule has 1 atom stereocenters. The molecule has 1 heterocycles. The van der Waals surface area contributed by atoms with Gasteiger partial charge in [0.25, 0.3) is 0 Å². The molecule has 0 fully saturated rings. The first-order chi connectivity index (χ1) is 19.8. The Kier molecular flexibility index (Phi) is 10.8. The van der Waals surface area contributed by atoms with Crippen molar-refractivity contribution in [1.82, 2.24) is 0 Å². The molecule has 0 saturated heterocycles. The second-order valence-electron chi connectivity index (χ2n) is 12.6. The maximum atomic E-state index is 14.0. The van der Waals surface area contributed by atoms with Crippen LogP contribution in [0.5, 0.6) is 5.75 Å². The minimum Gasteiger partial charge on any atom is -0.480 e. The highest BCUT2D eigenvalue weighted by molar-refractivity contribution is 7.48. The molecule has 0 saturated carbocycles. The van der Waals surface area contributed by atoms with Crippen molar-refractivity contribution in [1.29, 1.82) is 0 Å². The van der Waals surface area contributed by atoms with E-state index in [9.17, 15) is 17.7 Å². The number of rotatable bonds is 10. The Morgan fingerprint density at radius 1 is 1.00 bits per heavy atom. The highest BCUT2D eigenvalue weighted by Crippen LogP contribution is 2.56. The van der Waals surface area contributed by atoms with Gasteiger partial charge in [0.1, 0.15) is 24.5 Å². The van der Waals surface area contributed by atoms with Crippen molar-refractivity contribution in [2.24, 2.45) is 4.99 Å². The number of benzene rings is 2. The Morgan fingerprint density at radius 2 is 1.67 bits per heavy atom. The van der Waals surface area contributed by atoms with E-state index < -0.39 is 36.3 Å². The molecule has 11 heteroatoms. The van der Waals surface area contributed by atoms with E-state index in [1.165, 1.54) is 6.07 Å². The molecule has 43 heavy (non-hydrogen) atoms. The number of halogens is 3. The van der Waals surface area contributed by atoms with Gasteiger partial charge in [-0.2, -0.15) is 13.2 Å². The Morgan fingerprint density at radius 3 is 2.23 bits per heavy atom.